The molecule has 6 heteroatoms. The Hall–Kier alpha value is -2.37. The number of nitrogens with zero attached hydrogens (tertiary/aromatic N) is 3. The molecule has 0 unspecified atom stereocenters. The molecule has 0 fully saturated rings. The number of benzene rings is 1. The molecular weight excluding hydrogens is 258 g/mol. The standard InChI is InChI=1S/C14H17N3O3/c1-20-13-5-2-11(3-6-13)8-9-17-10-12(15-16-17)4-7-14(18)19/h2-3,5-6,10H,4,7-9H2,1H3,(H,18,19). The van der Waals surface area contributed by atoms with Gasteiger partial charge in [0.05, 0.1) is 19.2 Å². The maximum atomic E-state index is 10.5. The summed E-state index contributed by atoms with van der Waals surface area (Å²) in [4.78, 5) is 10.5. The lowest BCUT2D eigenvalue weighted by molar-refractivity contribution is -0.136. The maximum absolute atomic E-state index is 10.5. The minimum absolute atomic E-state index is 0.0805. The molecule has 6 nitrogen and oxygen atoms in total. The van der Waals surface area contributed by atoms with Gasteiger partial charge in [0, 0.05) is 19.2 Å². The summed E-state index contributed by atoms with van der Waals surface area (Å²) < 4.78 is 6.84. The van der Waals surface area contributed by atoms with Crippen LogP contribution in [0.15, 0.2) is 30.5 Å². The Morgan fingerprint density at radius 3 is 2.70 bits per heavy atom. The largest absolute Gasteiger partial charge is 0.497 e. The average molecular weight is 275 g/mol. The van der Waals surface area contributed by atoms with Crippen LogP contribution in [-0.4, -0.2) is 33.2 Å². The molecule has 0 atom stereocenters. The van der Waals surface area contributed by atoms with Crippen molar-refractivity contribution in [2.75, 3.05) is 7.11 Å². The highest BCUT2D eigenvalue weighted by Gasteiger charge is 2.04. The zero-order chi connectivity index (χ0) is 14.4. The summed E-state index contributed by atoms with van der Waals surface area (Å²) >= 11 is 0. The second-order valence-electron chi connectivity index (χ2n) is 4.46. The van der Waals surface area contributed by atoms with Gasteiger partial charge in [0.15, 0.2) is 0 Å². The van der Waals surface area contributed by atoms with E-state index in [2.05, 4.69) is 10.3 Å². The summed E-state index contributed by atoms with van der Waals surface area (Å²) in [5.41, 5.74) is 1.90. The summed E-state index contributed by atoms with van der Waals surface area (Å²) in [6, 6.07) is 7.88. The van der Waals surface area contributed by atoms with E-state index in [1.54, 1.807) is 18.0 Å². The average Bonchev–Trinajstić information content (AvgIpc) is 2.91. The lowest BCUT2D eigenvalue weighted by Gasteiger charge is -2.03. The molecule has 0 bridgehead atoms. The van der Waals surface area contributed by atoms with Crippen LogP contribution >= 0.6 is 0 Å². The van der Waals surface area contributed by atoms with Crippen LogP contribution in [-0.2, 0) is 24.2 Å². The number of aliphatic carboxylic acids is 1. The van der Waals surface area contributed by atoms with Gasteiger partial charge in [0.1, 0.15) is 5.75 Å². The maximum Gasteiger partial charge on any atom is 0.303 e. The number of carboxylic acid groups (broad SMARTS) is 1. The first-order valence-corrected chi connectivity index (χ1v) is 6.41. The van der Waals surface area contributed by atoms with Gasteiger partial charge in [0.2, 0.25) is 0 Å². The molecule has 1 N–H and O–H groups in total. The number of hydrogen-bond donors (Lipinski definition) is 1. The van der Waals surface area contributed by atoms with E-state index in [1.807, 2.05) is 24.3 Å². The Bertz CT molecular complexity index is 563. The van der Waals surface area contributed by atoms with E-state index in [1.165, 1.54) is 5.56 Å². The Balaban J connectivity index is 1.85. The minimum Gasteiger partial charge on any atom is -0.497 e. The highest BCUT2D eigenvalue weighted by atomic mass is 16.5. The third-order valence-corrected chi connectivity index (χ3v) is 2.97. The van der Waals surface area contributed by atoms with Gasteiger partial charge >= 0.3 is 5.97 Å². The van der Waals surface area contributed by atoms with E-state index < -0.39 is 5.97 Å². The SMILES string of the molecule is COc1ccc(CCn2cc(CCC(=O)O)nn2)cc1. The third-order valence-electron chi connectivity index (χ3n) is 2.97. The van der Waals surface area contributed by atoms with Crippen LogP contribution in [0.25, 0.3) is 0 Å². The molecule has 2 rings (SSSR count). The number of aromatic nitrogens is 3. The molecule has 0 saturated heterocycles. The number of methoxy groups -OCH3 is 1. The molecule has 20 heavy (non-hydrogen) atoms. The van der Waals surface area contributed by atoms with Gasteiger partial charge in [-0.05, 0) is 24.1 Å². The zero-order valence-electron chi connectivity index (χ0n) is 11.3. The van der Waals surface area contributed by atoms with Crippen LogP contribution in [0.5, 0.6) is 5.75 Å². The summed E-state index contributed by atoms with van der Waals surface area (Å²) in [7, 11) is 1.64. The normalized spacial score (nSPS) is 10.4. The van der Waals surface area contributed by atoms with Crippen molar-refractivity contribution in [3.63, 3.8) is 0 Å². The molecule has 0 spiro atoms. The molecule has 1 aromatic carbocycles. The molecule has 0 aliphatic heterocycles. The van der Waals surface area contributed by atoms with Crippen LogP contribution in [0.2, 0.25) is 0 Å². The fraction of sp³-hybridized carbons (Fsp3) is 0.357. The second kappa shape index (κ2) is 6.70. The quantitative estimate of drug-likeness (QED) is 0.829. The molecule has 0 aliphatic carbocycles. The van der Waals surface area contributed by atoms with Gasteiger partial charge in [0.25, 0.3) is 0 Å². The molecular formula is C14H17N3O3. The fourth-order valence-corrected chi connectivity index (χ4v) is 1.83. The van der Waals surface area contributed by atoms with Gasteiger partial charge < -0.3 is 9.84 Å². The van der Waals surface area contributed by atoms with Gasteiger partial charge in [-0.15, -0.1) is 5.10 Å². The first kappa shape index (κ1) is 14.0. The predicted molar refractivity (Wildman–Crippen MR) is 72.7 cm³/mol. The topological polar surface area (TPSA) is 77.2 Å². The fourth-order valence-electron chi connectivity index (χ4n) is 1.83. The lowest BCUT2D eigenvalue weighted by Crippen LogP contribution is -2.02. The van der Waals surface area contributed by atoms with Crippen LogP contribution in [0.4, 0.5) is 0 Å². The Labute approximate surface area is 117 Å². The summed E-state index contributed by atoms with van der Waals surface area (Å²) in [5.74, 6) is 0.0169. The van der Waals surface area contributed by atoms with Crippen molar-refractivity contribution in [2.24, 2.45) is 0 Å². The third kappa shape index (κ3) is 4.08. The van der Waals surface area contributed by atoms with E-state index in [-0.39, 0.29) is 6.42 Å². The molecule has 0 amide bonds. The summed E-state index contributed by atoms with van der Waals surface area (Å²) in [6.45, 7) is 0.715. The molecule has 1 heterocycles. The number of hydrogen-bond acceptors (Lipinski definition) is 4. The molecule has 0 saturated carbocycles. The molecule has 0 radical (unpaired) electrons. The molecule has 0 aliphatic rings. The number of ether oxygens (including phenoxy) is 1. The smallest absolute Gasteiger partial charge is 0.303 e. The van der Waals surface area contributed by atoms with E-state index in [0.717, 1.165) is 12.2 Å². The predicted octanol–water partition coefficient (Wildman–Crippen LogP) is 1.55. The van der Waals surface area contributed by atoms with Gasteiger partial charge in [-0.1, -0.05) is 17.3 Å². The monoisotopic (exact) mass is 275 g/mol. The zero-order valence-corrected chi connectivity index (χ0v) is 11.3. The van der Waals surface area contributed by atoms with E-state index in [9.17, 15) is 4.79 Å². The Morgan fingerprint density at radius 1 is 1.30 bits per heavy atom. The van der Waals surface area contributed by atoms with Crippen molar-refractivity contribution in [3.05, 3.63) is 41.7 Å². The number of carboxylic acids is 1. The van der Waals surface area contributed by atoms with E-state index in [0.29, 0.717) is 18.7 Å². The van der Waals surface area contributed by atoms with Crippen molar-refractivity contribution < 1.29 is 14.6 Å². The van der Waals surface area contributed by atoms with Crippen molar-refractivity contribution in [1.82, 2.24) is 15.0 Å². The summed E-state index contributed by atoms with van der Waals surface area (Å²) in [5, 5.41) is 16.6. The van der Waals surface area contributed by atoms with Crippen LogP contribution in [0.1, 0.15) is 17.7 Å². The Morgan fingerprint density at radius 2 is 2.05 bits per heavy atom. The summed E-state index contributed by atoms with van der Waals surface area (Å²) in [6.07, 6.45) is 3.13. The van der Waals surface area contributed by atoms with Crippen LogP contribution in [0, 0.1) is 0 Å². The molecule has 2 aromatic rings. The van der Waals surface area contributed by atoms with Gasteiger partial charge in [-0.25, -0.2) is 0 Å². The van der Waals surface area contributed by atoms with E-state index in [4.69, 9.17) is 9.84 Å². The van der Waals surface area contributed by atoms with Crippen molar-refractivity contribution >= 4 is 5.97 Å². The highest BCUT2D eigenvalue weighted by Crippen LogP contribution is 2.12. The number of carbonyl (C=O) groups is 1. The number of rotatable bonds is 7. The van der Waals surface area contributed by atoms with Crippen LogP contribution < -0.4 is 4.74 Å². The van der Waals surface area contributed by atoms with Gasteiger partial charge in [-0.3, -0.25) is 9.48 Å². The highest BCUT2D eigenvalue weighted by molar-refractivity contribution is 5.66. The Kier molecular flexibility index (Phi) is 4.70. The van der Waals surface area contributed by atoms with E-state index >= 15 is 0 Å². The second-order valence-corrected chi connectivity index (χ2v) is 4.46. The first-order valence-electron chi connectivity index (χ1n) is 6.41. The van der Waals surface area contributed by atoms with Gasteiger partial charge in [-0.2, -0.15) is 0 Å². The lowest BCUT2D eigenvalue weighted by atomic mass is 10.1. The first-order chi connectivity index (χ1) is 9.67. The molecule has 106 valence electrons. The van der Waals surface area contributed by atoms with Crippen molar-refractivity contribution in [1.29, 1.82) is 0 Å². The number of aryl methyl sites for hydroxylation is 3. The van der Waals surface area contributed by atoms with Crippen molar-refractivity contribution in [3.8, 4) is 5.75 Å². The minimum atomic E-state index is -0.821. The molecule has 1 aromatic heterocycles. The van der Waals surface area contributed by atoms with Crippen molar-refractivity contribution in [2.45, 2.75) is 25.8 Å². The van der Waals surface area contributed by atoms with Crippen LogP contribution in [0.3, 0.4) is 0 Å².